The van der Waals surface area contributed by atoms with Crippen molar-refractivity contribution in [1.29, 1.82) is 0 Å². The van der Waals surface area contributed by atoms with Crippen LogP contribution in [0.1, 0.15) is 25.1 Å². The topological polar surface area (TPSA) is 61.2 Å². The van der Waals surface area contributed by atoms with E-state index in [9.17, 15) is 0 Å². The molecular formula is C11H22N4O2. The zero-order valence-corrected chi connectivity index (χ0v) is 10.8. The normalized spacial score (nSPS) is 12.9. The van der Waals surface area contributed by atoms with E-state index in [1.807, 2.05) is 7.05 Å². The average molecular weight is 242 g/mol. The van der Waals surface area contributed by atoms with Crippen molar-refractivity contribution in [3.8, 4) is 0 Å². The van der Waals surface area contributed by atoms with Gasteiger partial charge in [0.25, 0.3) is 0 Å². The molecule has 1 rings (SSSR count). The fourth-order valence-corrected chi connectivity index (χ4v) is 1.52. The van der Waals surface area contributed by atoms with Crippen LogP contribution in [0.4, 0.5) is 0 Å². The van der Waals surface area contributed by atoms with Gasteiger partial charge in [0.1, 0.15) is 0 Å². The van der Waals surface area contributed by atoms with Gasteiger partial charge in [0.2, 0.25) is 0 Å². The molecule has 0 spiro atoms. The third kappa shape index (κ3) is 4.80. The Morgan fingerprint density at radius 2 is 2.29 bits per heavy atom. The number of ether oxygens (including phenoxy) is 2. The van der Waals surface area contributed by atoms with Crippen LogP contribution in [0.15, 0.2) is 6.20 Å². The summed E-state index contributed by atoms with van der Waals surface area (Å²) in [5, 5.41) is 11.2. The van der Waals surface area contributed by atoms with E-state index in [2.05, 4.69) is 22.6 Å². The molecule has 1 N–H and O–H groups in total. The first-order valence-corrected chi connectivity index (χ1v) is 5.94. The van der Waals surface area contributed by atoms with Crippen molar-refractivity contribution >= 4 is 0 Å². The third-order valence-corrected chi connectivity index (χ3v) is 2.46. The van der Waals surface area contributed by atoms with Crippen molar-refractivity contribution in [2.24, 2.45) is 7.05 Å². The summed E-state index contributed by atoms with van der Waals surface area (Å²) in [6.07, 6.45) is 2.85. The van der Waals surface area contributed by atoms with Crippen molar-refractivity contribution in [1.82, 2.24) is 20.3 Å². The quantitative estimate of drug-likeness (QED) is 0.640. The van der Waals surface area contributed by atoms with E-state index in [0.717, 1.165) is 18.7 Å². The summed E-state index contributed by atoms with van der Waals surface area (Å²) in [5.74, 6) is 0. The first-order chi connectivity index (χ1) is 8.29. The number of hydrogen-bond donors (Lipinski definition) is 1. The maximum Gasteiger partial charge on any atom is 0.0776 e. The zero-order chi connectivity index (χ0) is 12.5. The van der Waals surface area contributed by atoms with Crippen LogP contribution in [0.2, 0.25) is 0 Å². The number of rotatable bonds is 9. The summed E-state index contributed by atoms with van der Waals surface area (Å²) >= 11 is 0. The molecule has 6 heteroatoms. The van der Waals surface area contributed by atoms with Crippen molar-refractivity contribution in [2.75, 3.05) is 33.5 Å². The molecule has 0 aliphatic heterocycles. The lowest BCUT2D eigenvalue weighted by molar-refractivity contribution is 0.0575. The number of hydrogen-bond acceptors (Lipinski definition) is 5. The van der Waals surface area contributed by atoms with Crippen molar-refractivity contribution in [3.63, 3.8) is 0 Å². The summed E-state index contributed by atoms with van der Waals surface area (Å²) in [5.41, 5.74) is 1.04. The van der Waals surface area contributed by atoms with E-state index >= 15 is 0 Å². The summed E-state index contributed by atoms with van der Waals surface area (Å²) in [6, 6.07) is 0.131. The second-order valence-corrected chi connectivity index (χ2v) is 3.86. The van der Waals surface area contributed by atoms with Crippen LogP contribution in [0, 0.1) is 0 Å². The molecule has 98 valence electrons. The van der Waals surface area contributed by atoms with Crippen LogP contribution in [0.25, 0.3) is 0 Å². The minimum atomic E-state index is 0.131. The Bertz CT molecular complexity index is 303. The van der Waals surface area contributed by atoms with Crippen LogP contribution in [-0.4, -0.2) is 48.5 Å². The van der Waals surface area contributed by atoms with Gasteiger partial charge in [-0.1, -0.05) is 12.1 Å². The summed E-state index contributed by atoms with van der Waals surface area (Å²) in [7, 11) is 3.55. The molecule has 6 nitrogen and oxygen atoms in total. The molecule has 1 aromatic heterocycles. The van der Waals surface area contributed by atoms with Crippen LogP contribution in [0.5, 0.6) is 0 Å². The van der Waals surface area contributed by atoms with Gasteiger partial charge < -0.3 is 14.8 Å². The molecular weight excluding hydrogens is 220 g/mol. The third-order valence-electron chi connectivity index (χ3n) is 2.46. The highest BCUT2D eigenvalue weighted by molar-refractivity contribution is 5.01. The molecule has 0 fully saturated rings. The van der Waals surface area contributed by atoms with Gasteiger partial charge in [-0.05, 0) is 13.0 Å². The van der Waals surface area contributed by atoms with Gasteiger partial charge >= 0.3 is 0 Å². The Morgan fingerprint density at radius 1 is 1.47 bits per heavy atom. The van der Waals surface area contributed by atoms with Gasteiger partial charge in [-0.3, -0.25) is 4.68 Å². The number of methoxy groups -OCH3 is 1. The molecule has 0 aliphatic carbocycles. The molecule has 17 heavy (non-hydrogen) atoms. The maximum absolute atomic E-state index is 5.56. The molecule has 0 radical (unpaired) electrons. The lowest BCUT2D eigenvalue weighted by atomic mass is 10.2. The SMILES string of the molecule is CCCNC(COCCOC)c1cnnn1C. The predicted octanol–water partition coefficient (Wildman–Crippen LogP) is 0.519. The van der Waals surface area contributed by atoms with Gasteiger partial charge in [0, 0.05) is 14.2 Å². The highest BCUT2D eigenvalue weighted by atomic mass is 16.5. The van der Waals surface area contributed by atoms with Crippen molar-refractivity contribution < 1.29 is 9.47 Å². The van der Waals surface area contributed by atoms with E-state index in [1.54, 1.807) is 18.0 Å². The molecule has 0 aliphatic rings. The minimum absolute atomic E-state index is 0.131. The van der Waals surface area contributed by atoms with Crippen LogP contribution >= 0.6 is 0 Å². The van der Waals surface area contributed by atoms with Crippen LogP contribution < -0.4 is 5.32 Å². The molecule has 1 aromatic rings. The Balaban J connectivity index is 2.46. The lowest BCUT2D eigenvalue weighted by Crippen LogP contribution is -2.28. The Hall–Kier alpha value is -0.980. The second-order valence-electron chi connectivity index (χ2n) is 3.86. The molecule has 0 bridgehead atoms. The fraction of sp³-hybridized carbons (Fsp3) is 0.818. The van der Waals surface area contributed by atoms with Crippen LogP contribution in [-0.2, 0) is 16.5 Å². The summed E-state index contributed by atoms with van der Waals surface area (Å²) in [6.45, 7) is 4.90. The summed E-state index contributed by atoms with van der Waals surface area (Å²) in [4.78, 5) is 0. The van der Waals surface area contributed by atoms with Gasteiger partial charge in [0.05, 0.1) is 37.8 Å². The van der Waals surface area contributed by atoms with Crippen molar-refractivity contribution in [3.05, 3.63) is 11.9 Å². The van der Waals surface area contributed by atoms with E-state index < -0.39 is 0 Å². The smallest absolute Gasteiger partial charge is 0.0776 e. The Labute approximate surface area is 102 Å². The first-order valence-electron chi connectivity index (χ1n) is 5.94. The van der Waals surface area contributed by atoms with Gasteiger partial charge in [-0.2, -0.15) is 0 Å². The largest absolute Gasteiger partial charge is 0.382 e. The lowest BCUT2D eigenvalue weighted by Gasteiger charge is -2.18. The average Bonchev–Trinajstić information content (AvgIpc) is 2.75. The Morgan fingerprint density at radius 3 is 2.88 bits per heavy atom. The Kier molecular flexibility index (Phi) is 6.76. The standard InChI is InChI=1S/C11H22N4O2/c1-4-5-12-10(9-17-7-6-16-3)11-8-13-14-15(11)2/h8,10,12H,4-7,9H2,1-3H3. The molecule has 1 atom stereocenters. The zero-order valence-electron chi connectivity index (χ0n) is 10.8. The van der Waals surface area contributed by atoms with Crippen molar-refractivity contribution in [2.45, 2.75) is 19.4 Å². The summed E-state index contributed by atoms with van der Waals surface area (Å²) < 4.78 is 12.3. The molecule has 0 saturated heterocycles. The fourth-order valence-electron chi connectivity index (χ4n) is 1.52. The number of aromatic nitrogens is 3. The molecule has 0 saturated carbocycles. The van der Waals surface area contributed by atoms with Crippen LogP contribution in [0.3, 0.4) is 0 Å². The predicted molar refractivity (Wildman–Crippen MR) is 64.7 cm³/mol. The van der Waals surface area contributed by atoms with E-state index in [1.165, 1.54) is 0 Å². The van der Waals surface area contributed by atoms with Gasteiger partial charge in [0.15, 0.2) is 0 Å². The molecule has 1 unspecified atom stereocenters. The maximum atomic E-state index is 5.56. The molecule has 0 aromatic carbocycles. The van der Waals surface area contributed by atoms with E-state index in [4.69, 9.17) is 9.47 Å². The highest BCUT2D eigenvalue weighted by Crippen LogP contribution is 2.10. The second kappa shape index (κ2) is 8.16. The van der Waals surface area contributed by atoms with Gasteiger partial charge in [-0.25, -0.2) is 0 Å². The first kappa shape index (κ1) is 14.1. The number of nitrogens with one attached hydrogen (secondary N) is 1. The monoisotopic (exact) mass is 242 g/mol. The van der Waals surface area contributed by atoms with E-state index in [0.29, 0.717) is 19.8 Å². The highest BCUT2D eigenvalue weighted by Gasteiger charge is 2.14. The number of nitrogens with zero attached hydrogens (tertiary/aromatic N) is 3. The van der Waals surface area contributed by atoms with E-state index in [-0.39, 0.29) is 6.04 Å². The minimum Gasteiger partial charge on any atom is -0.382 e. The number of aryl methyl sites for hydroxylation is 1. The van der Waals surface area contributed by atoms with Gasteiger partial charge in [-0.15, -0.1) is 5.10 Å². The molecule has 1 heterocycles. The molecule has 0 amide bonds.